The van der Waals surface area contributed by atoms with Gasteiger partial charge in [-0.3, -0.25) is 0 Å². The highest BCUT2D eigenvalue weighted by atomic mass is 31.2. The van der Waals surface area contributed by atoms with Gasteiger partial charge in [-0.1, -0.05) is 91.0 Å². The van der Waals surface area contributed by atoms with Crippen LogP contribution in [0, 0.1) is 0 Å². The number of aliphatic hydroxyl groups excluding tert-OH is 1. The molecule has 144 valence electrons. The summed E-state index contributed by atoms with van der Waals surface area (Å²) in [7, 11) is -2.86. The van der Waals surface area contributed by atoms with E-state index in [9.17, 15) is 5.11 Å². The molecule has 3 heteroatoms. The summed E-state index contributed by atoms with van der Waals surface area (Å²) < 4.78 is 15.2. The van der Waals surface area contributed by atoms with Gasteiger partial charge in [0.05, 0.1) is 5.16 Å². The van der Waals surface area contributed by atoms with Crippen LogP contribution in [0.15, 0.2) is 91.0 Å². The van der Waals surface area contributed by atoms with E-state index in [1.54, 1.807) is 0 Å². The van der Waals surface area contributed by atoms with Gasteiger partial charge in [0.25, 0.3) is 0 Å². The Morgan fingerprint density at radius 2 is 1.43 bits per heavy atom. The lowest BCUT2D eigenvalue weighted by Crippen LogP contribution is -2.28. The molecule has 0 aromatic heterocycles. The van der Waals surface area contributed by atoms with Crippen molar-refractivity contribution in [2.75, 3.05) is 6.61 Å². The zero-order valence-electron chi connectivity index (χ0n) is 16.1. The van der Waals surface area contributed by atoms with Crippen molar-refractivity contribution in [2.45, 2.75) is 36.5 Å². The molecule has 1 N–H and O–H groups in total. The van der Waals surface area contributed by atoms with Crippen LogP contribution in [-0.4, -0.2) is 11.7 Å². The molecule has 3 atom stereocenters. The van der Waals surface area contributed by atoms with Crippen molar-refractivity contribution < 1.29 is 9.67 Å². The van der Waals surface area contributed by atoms with Gasteiger partial charge in [-0.05, 0) is 36.8 Å². The molecule has 0 bridgehead atoms. The first-order valence-electron chi connectivity index (χ1n) is 10.1. The Hall–Kier alpha value is -2.15. The summed E-state index contributed by atoms with van der Waals surface area (Å²) in [6.07, 6.45) is 3.18. The maximum Gasteiger partial charge on any atom is 0.132 e. The van der Waals surface area contributed by atoms with Crippen molar-refractivity contribution in [2.24, 2.45) is 0 Å². The van der Waals surface area contributed by atoms with Crippen LogP contribution in [0.4, 0.5) is 0 Å². The number of hydrogen-bond acceptors (Lipinski definition) is 2. The van der Waals surface area contributed by atoms with Crippen LogP contribution in [0.3, 0.4) is 0 Å². The van der Waals surface area contributed by atoms with Gasteiger partial charge >= 0.3 is 0 Å². The monoisotopic (exact) mass is 390 g/mol. The molecular formula is C25H27O2P. The molecule has 1 aliphatic heterocycles. The second-order valence-electron chi connectivity index (χ2n) is 7.68. The van der Waals surface area contributed by atoms with Crippen molar-refractivity contribution in [1.29, 1.82) is 0 Å². The van der Waals surface area contributed by atoms with Crippen LogP contribution in [0.25, 0.3) is 0 Å². The smallest absolute Gasteiger partial charge is 0.132 e. The summed E-state index contributed by atoms with van der Waals surface area (Å²) >= 11 is 0. The van der Waals surface area contributed by atoms with Gasteiger partial charge in [-0.2, -0.15) is 0 Å². The topological polar surface area (TPSA) is 37.3 Å². The maximum atomic E-state index is 15.2. The van der Waals surface area contributed by atoms with Crippen molar-refractivity contribution in [3.8, 4) is 0 Å². The van der Waals surface area contributed by atoms with Crippen LogP contribution >= 0.6 is 7.14 Å². The minimum atomic E-state index is -2.86. The van der Waals surface area contributed by atoms with Crippen LogP contribution < -0.4 is 5.30 Å². The second-order valence-corrected chi connectivity index (χ2v) is 11.0. The second kappa shape index (κ2) is 8.07. The summed E-state index contributed by atoms with van der Waals surface area (Å²) in [5.41, 5.74) is 2.32. The van der Waals surface area contributed by atoms with E-state index < -0.39 is 12.3 Å². The Morgan fingerprint density at radius 1 is 0.857 bits per heavy atom. The van der Waals surface area contributed by atoms with Gasteiger partial charge in [0.1, 0.15) is 7.14 Å². The fraction of sp³-hybridized carbons (Fsp3) is 0.280. The SMILES string of the molecule is O=[P@@]1(c2ccccc2)[C@H](c2ccccc2)CC[C@]1(CCCO)c1ccccc1. The molecule has 0 radical (unpaired) electrons. The van der Waals surface area contributed by atoms with Crippen molar-refractivity contribution in [1.82, 2.24) is 0 Å². The van der Waals surface area contributed by atoms with Crippen molar-refractivity contribution >= 4 is 12.4 Å². The molecule has 3 aromatic carbocycles. The van der Waals surface area contributed by atoms with Gasteiger partial charge in [-0.15, -0.1) is 0 Å². The third-order valence-electron chi connectivity index (χ3n) is 6.29. The third kappa shape index (κ3) is 3.05. The molecule has 1 heterocycles. The van der Waals surface area contributed by atoms with Crippen LogP contribution in [0.5, 0.6) is 0 Å². The van der Waals surface area contributed by atoms with E-state index in [-0.39, 0.29) is 12.3 Å². The molecule has 1 aliphatic rings. The van der Waals surface area contributed by atoms with Gasteiger partial charge in [0.2, 0.25) is 0 Å². The zero-order chi connectivity index (χ0) is 19.5. The normalized spacial score (nSPS) is 27.0. The molecule has 28 heavy (non-hydrogen) atoms. The lowest BCUT2D eigenvalue weighted by atomic mass is 9.88. The Balaban J connectivity index is 1.95. The molecule has 4 rings (SSSR count). The van der Waals surface area contributed by atoms with Crippen molar-refractivity contribution in [3.63, 3.8) is 0 Å². The standard InChI is InChI=1S/C25H27O2P/c26-20-10-18-25(22-13-6-2-7-14-22)19-17-24(21-11-4-1-5-12-21)28(25,27)23-15-8-3-9-16-23/h1-9,11-16,24,26H,10,17-20H2/t24-,25+,28-/m0/s1. The molecule has 2 nitrogen and oxygen atoms in total. The van der Waals surface area contributed by atoms with E-state index in [1.165, 1.54) is 0 Å². The third-order valence-corrected chi connectivity index (χ3v) is 10.8. The average Bonchev–Trinajstić information content (AvgIpc) is 3.08. The van der Waals surface area contributed by atoms with Gasteiger partial charge < -0.3 is 9.67 Å². The molecule has 0 unspecified atom stereocenters. The number of hydrogen-bond donors (Lipinski definition) is 1. The average molecular weight is 390 g/mol. The molecule has 1 saturated heterocycles. The molecule has 3 aromatic rings. The molecule has 0 spiro atoms. The summed E-state index contributed by atoms with van der Waals surface area (Å²) in [6.45, 7) is 0.124. The number of benzene rings is 3. The zero-order valence-corrected chi connectivity index (χ0v) is 17.0. The van der Waals surface area contributed by atoms with E-state index in [4.69, 9.17) is 0 Å². The number of aliphatic hydroxyl groups is 1. The first-order valence-corrected chi connectivity index (χ1v) is 11.9. The van der Waals surface area contributed by atoms with E-state index in [1.807, 2.05) is 66.7 Å². The predicted octanol–water partition coefficient (Wildman–Crippen LogP) is 5.88. The lowest BCUT2D eigenvalue weighted by molar-refractivity contribution is 0.274. The first kappa shape index (κ1) is 19.2. The molecule has 0 amide bonds. The predicted molar refractivity (Wildman–Crippen MR) is 117 cm³/mol. The molecule has 1 fully saturated rings. The minimum Gasteiger partial charge on any atom is -0.396 e. The number of rotatable bonds is 6. The Bertz CT molecular complexity index is 940. The summed E-state index contributed by atoms with van der Waals surface area (Å²) in [5, 5.41) is 10.2. The largest absolute Gasteiger partial charge is 0.396 e. The highest BCUT2D eigenvalue weighted by Crippen LogP contribution is 2.79. The highest BCUT2D eigenvalue weighted by molar-refractivity contribution is 7.73. The Morgan fingerprint density at radius 3 is 2.04 bits per heavy atom. The van der Waals surface area contributed by atoms with E-state index in [0.29, 0.717) is 6.42 Å². The van der Waals surface area contributed by atoms with Crippen LogP contribution in [0.1, 0.15) is 42.5 Å². The molecule has 0 saturated carbocycles. The fourth-order valence-corrected chi connectivity index (χ4v) is 9.68. The van der Waals surface area contributed by atoms with Gasteiger partial charge in [-0.25, -0.2) is 0 Å². The molecule has 0 aliphatic carbocycles. The first-order chi connectivity index (χ1) is 13.7. The highest BCUT2D eigenvalue weighted by Gasteiger charge is 2.58. The Labute approximate surface area is 167 Å². The van der Waals surface area contributed by atoms with Gasteiger partial charge in [0, 0.05) is 17.6 Å². The summed E-state index contributed by atoms with van der Waals surface area (Å²) in [6, 6.07) is 30.8. The van der Waals surface area contributed by atoms with Crippen LogP contribution in [-0.2, 0) is 9.72 Å². The fourth-order valence-electron chi connectivity index (χ4n) is 5.04. The molecular weight excluding hydrogens is 363 g/mol. The van der Waals surface area contributed by atoms with Crippen LogP contribution in [0.2, 0.25) is 0 Å². The quantitative estimate of drug-likeness (QED) is 0.534. The maximum absolute atomic E-state index is 15.2. The summed E-state index contributed by atoms with van der Waals surface area (Å²) in [5.74, 6) is 0. The van der Waals surface area contributed by atoms with E-state index in [0.717, 1.165) is 35.7 Å². The van der Waals surface area contributed by atoms with E-state index >= 15 is 4.57 Å². The lowest BCUT2D eigenvalue weighted by Gasteiger charge is -2.39. The summed E-state index contributed by atoms with van der Waals surface area (Å²) in [4.78, 5) is 0. The van der Waals surface area contributed by atoms with E-state index in [2.05, 4.69) is 24.3 Å². The minimum absolute atomic E-state index is 0.00926. The van der Waals surface area contributed by atoms with Gasteiger partial charge in [0.15, 0.2) is 0 Å². The Kier molecular flexibility index (Phi) is 5.53. The van der Waals surface area contributed by atoms with Crippen molar-refractivity contribution in [3.05, 3.63) is 102 Å².